The topological polar surface area (TPSA) is 62.8 Å². The third-order valence-corrected chi connectivity index (χ3v) is 4.67. The van der Waals surface area contributed by atoms with Crippen LogP contribution in [0.3, 0.4) is 0 Å². The van der Waals surface area contributed by atoms with Gasteiger partial charge in [-0.15, -0.1) is 0 Å². The van der Waals surface area contributed by atoms with Gasteiger partial charge in [-0.05, 0) is 64.5 Å². The second-order valence-electron chi connectivity index (χ2n) is 6.12. The Labute approximate surface area is 166 Å². The number of nitrogens with one attached hydrogen (secondary N) is 2. The van der Waals surface area contributed by atoms with Crippen LogP contribution in [0.1, 0.15) is 46.2 Å². The lowest BCUT2D eigenvalue weighted by Gasteiger charge is -2.33. The molecule has 0 aliphatic carbocycles. The Morgan fingerprint density at radius 2 is 1.74 bits per heavy atom. The lowest BCUT2D eigenvalue weighted by molar-refractivity contribution is -0.127. The van der Waals surface area contributed by atoms with E-state index in [1.165, 1.54) is 0 Å². The van der Waals surface area contributed by atoms with Crippen LogP contribution >= 0.6 is 12.2 Å². The maximum absolute atomic E-state index is 13.1. The van der Waals surface area contributed by atoms with E-state index < -0.39 is 0 Å². The summed E-state index contributed by atoms with van der Waals surface area (Å²) in [5.74, 6) is 1.35. The molecule has 1 aliphatic rings. The fourth-order valence-corrected chi connectivity index (χ4v) is 3.43. The second-order valence-corrected chi connectivity index (χ2v) is 6.53. The highest BCUT2D eigenvalue weighted by Crippen LogP contribution is 2.35. The monoisotopic (exact) mass is 391 g/mol. The summed E-state index contributed by atoms with van der Waals surface area (Å²) in [4.78, 5) is 14.9. The summed E-state index contributed by atoms with van der Waals surface area (Å²) in [6.45, 7) is 12.1. The molecular weight excluding hydrogens is 362 g/mol. The van der Waals surface area contributed by atoms with Gasteiger partial charge in [-0.2, -0.15) is 0 Å². The second kappa shape index (κ2) is 9.60. The molecule has 1 amide bonds. The molecular formula is C20H29N3O3S. The Morgan fingerprint density at radius 3 is 2.33 bits per heavy atom. The van der Waals surface area contributed by atoms with Crippen molar-refractivity contribution in [2.75, 3.05) is 26.3 Å². The van der Waals surface area contributed by atoms with Gasteiger partial charge in [-0.25, -0.2) is 0 Å². The minimum atomic E-state index is -0.346. The molecule has 0 spiro atoms. The van der Waals surface area contributed by atoms with E-state index in [1.807, 2.05) is 57.7 Å². The van der Waals surface area contributed by atoms with Crippen molar-refractivity contribution in [2.24, 2.45) is 0 Å². The lowest BCUT2D eigenvalue weighted by Crippen LogP contribution is -2.47. The van der Waals surface area contributed by atoms with E-state index in [1.54, 1.807) is 0 Å². The van der Waals surface area contributed by atoms with E-state index in [-0.39, 0.29) is 11.9 Å². The lowest BCUT2D eigenvalue weighted by atomic mass is 9.94. The smallest absolute Gasteiger partial charge is 0.253 e. The van der Waals surface area contributed by atoms with Crippen molar-refractivity contribution in [1.29, 1.82) is 0 Å². The first-order chi connectivity index (χ1) is 13.0. The number of carbonyl (C=O) groups excluding carboxylic acids is 1. The van der Waals surface area contributed by atoms with Gasteiger partial charge in [0.25, 0.3) is 5.91 Å². The molecule has 1 heterocycles. The number of likely N-dealkylation sites (N-methyl/N-ethyl adjacent to an activating group) is 1. The van der Waals surface area contributed by atoms with Crippen LogP contribution in [0.5, 0.6) is 11.5 Å². The highest BCUT2D eigenvalue weighted by Gasteiger charge is 2.32. The van der Waals surface area contributed by atoms with Crippen LogP contribution in [0.2, 0.25) is 0 Å². The largest absolute Gasteiger partial charge is 0.490 e. The highest BCUT2D eigenvalue weighted by atomic mass is 32.1. The van der Waals surface area contributed by atoms with E-state index in [2.05, 4.69) is 10.6 Å². The number of nitrogens with zero attached hydrogens (tertiary/aromatic N) is 1. The van der Waals surface area contributed by atoms with Crippen molar-refractivity contribution >= 4 is 23.2 Å². The molecule has 1 aromatic carbocycles. The van der Waals surface area contributed by atoms with Crippen molar-refractivity contribution in [1.82, 2.24) is 15.5 Å². The number of rotatable bonds is 8. The van der Waals surface area contributed by atoms with Crippen molar-refractivity contribution < 1.29 is 14.3 Å². The zero-order valence-electron chi connectivity index (χ0n) is 16.7. The molecule has 1 aromatic rings. The van der Waals surface area contributed by atoms with E-state index in [0.29, 0.717) is 48.5 Å². The van der Waals surface area contributed by atoms with Crippen molar-refractivity contribution in [3.05, 3.63) is 35.0 Å². The summed E-state index contributed by atoms with van der Waals surface area (Å²) in [7, 11) is 0. The van der Waals surface area contributed by atoms with E-state index in [9.17, 15) is 4.79 Å². The number of carbonyl (C=O) groups is 1. The van der Waals surface area contributed by atoms with Gasteiger partial charge >= 0.3 is 0 Å². The fourth-order valence-electron chi connectivity index (χ4n) is 3.16. The molecule has 0 saturated heterocycles. The molecule has 1 aliphatic heterocycles. The Kier molecular flexibility index (Phi) is 7.47. The van der Waals surface area contributed by atoms with Gasteiger partial charge in [0.05, 0.1) is 24.8 Å². The third kappa shape index (κ3) is 4.71. The minimum Gasteiger partial charge on any atom is -0.490 e. The number of benzene rings is 1. The third-order valence-electron chi connectivity index (χ3n) is 4.45. The van der Waals surface area contributed by atoms with Crippen LogP contribution in [0.4, 0.5) is 0 Å². The number of hydrogen-bond acceptors (Lipinski definition) is 4. The molecule has 0 unspecified atom stereocenters. The minimum absolute atomic E-state index is 0.00292. The van der Waals surface area contributed by atoms with Crippen LogP contribution in [0.15, 0.2) is 29.5 Å². The van der Waals surface area contributed by atoms with Crippen LogP contribution in [0, 0.1) is 0 Å². The van der Waals surface area contributed by atoms with E-state index in [0.717, 1.165) is 11.3 Å². The number of allylic oxidation sites excluding steroid dienone is 1. The number of amides is 1. The van der Waals surface area contributed by atoms with Crippen LogP contribution < -0.4 is 20.1 Å². The molecule has 0 saturated carbocycles. The molecule has 0 radical (unpaired) electrons. The van der Waals surface area contributed by atoms with Crippen LogP contribution in [-0.4, -0.2) is 42.2 Å². The number of thiocarbonyl (C=S) groups is 1. The molecule has 0 aromatic heterocycles. The van der Waals surface area contributed by atoms with E-state index in [4.69, 9.17) is 21.7 Å². The summed E-state index contributed by atoms with van der Waals surface area (Å²) < 4.78 is 11.4. The zero-order chi connectivity index (χ0) is 20.0. The number of hydrogen-bond donors (Lipinski definition) is 2. The van der Waals surface area contributed by atoms with Gasteiger partial charge in [0.2, 0.25) is 0 Å². The Balaban J connectivity index is 2.49. The average Bonchev–Trinajstić information content (AvgIpc) is 2.63. The van der Waals surface area contributed by atoms with Gasteiger partial charge in [-0.1, -0.05) is 6.07 Å². The Hall–Kier alpha value is -2.28. The quantitative estimate of drug-likeness (QED) is 0.664. The summed E-state index contributed by atoms with van der Waals surface area (Å²) in [5.41, 5.74) is 2.34. The predicted octanol–water partition coefficient (Wildman–Crippen LogP) is 3.15. The normalized spacial score (nSPS) is 16.5. The van der Waals surface area contributed by atoms with Gasteiger partial charge in [0.15, 0.2) is 16.6 Å². The molecule has 6 nitrogen and oxygen atoms in total. The van der Waals surface area contributed by atoms with Crippen molar-refractivity contribution in [2.45, 2.75) is 40.7 Å². The van der Waals surface area contributed by atoms with Gasteiger partial charge < -0.3 is 25.0 Å². The Bertz CT molecular complexity index is 729. The Morgan fingerprint density at radius 1 is 1.11 bits per heavy atom. The van der Waals surface area contributed by atoms with Crippen LogP contribution in [-0.2, 0) is 4.79 Å². The molecule has 0 fully saturated rings. The summed E-state index contributed by atoms with van der Waals surface area (Å²) in [6, 6.07) is 5.40. The first-order valence-corrected chi connectivity index (χ1v) is 9.84. The first kappa shape index (κ1) is 21.0. The van der Waals surface area contributed by atoms with Crippen LogP contribution in [0.25, 0.3) is 0 Å². The molecule has 148 valence electrons. The molecule has 0 bridgehead atoms. The predicted molar refractivity (Wildman–Crippen MR) is 111 cm³/mol. The molecule has 7 heteroatoms. The maximum atomic E-state index is 13.1. The summed E-state index contributed by atoms with van der Waals surface area (Å²) in [5, 5.41) is 6.82. The van der Waals surface area contributed by atoms with Gasteiger partial charge in [0.1, 0.15) is 0 Å². The molecule has 2 N–H and O–H groups in total. The summed E-state index contributed by atoms with van der Waals surface area (Å²) in [6.07, 6.45) is 0. The maximum Gasteiger partial charge on any atom is 0.253 e. The van der Waals surface area contributed by atoms with E-state index >= 15 is 0 Å². The number of ether oxygens (including phenoxy) is 2. The van der Waals surface area contributed by atoms with Crippen molar-refractivity contribution in [3.8, 4) is 11.5 Å². The highest BCUT2D eigenvalue weighted by molar-refractivity contribution is 7.80. The van der Waals surface area contributed by atoms with Gasteiger partial charge in [-0.3, -0.25) is 4.79 Å². The first-order valence-electron chi connectivity index (χ1n) is 9.43. The zero-order valence-corrected chi connectivity index (χ0v) is 17.5. The fraction of sp³-hybridized carbons (Fsp3) is 0.500. The summed E-state index contributed by atoms with van der Waals surface area (Å²) >= 11 is 5.34. The molecule has 1 atom stereocenters. The average molecular weight is 392 g/mol. The standard InChI is InChI=1S/C20H29N3O3S/c1-6-23(7-2)19(24)17-13(5)21-20(27)22-18(17)14-10-11-15(25-8-3)16(12-14)26-9-4/h10-12,18H,6-9H2,1-5H3,(H2,21,22,27)/t18-/m1/s1. The SMILES string of the molecule is CCOc1ccc([C@H]2NC(=S)NC(C)=C2C(=O)N(CC)CC)cc1OCC. The molecule has 2 rings (SSSR count). The van der Waals surface area contributed by atoms with Crippen molar-refractivity contribution in [3.63, 3.8) is 0 Å². The molecule has 27 heavy (non-hydrogen) atoms. The van der Waals surface area contributed by atoms with Gasteiger partial charge in [0, 0.05) is 18.8 Å².